The molecule has 1 amide bonds. The molecule has 1 atom stereocenters. The molecule has 1 aliphatic rings. The Morgan fingerprint density at radius 3 is 2.86 bits per heavy atom. The number of carbonyl (C=O) groups excluding carboxylic acids is 1. The molecule has 1 saturated heterocycles. The Labute approximate surface area is 184 Å². The first-order valence-electron chi connectivity index (χ1n) is 9.76. The number of thioether (sulfide) groups is 1. The van der Waals surface area contributed by atoms with E-state index in [2.05, 4.69) is 19.1 Å². The molecule has 0 bridgehead atoms. The van der Waals surface area contributed by atoms with Crippen LogP contribution < -0.4 is 4.90 Å². The number of hydrogen-bond donors (Lipinski definition) is 0. The van der Waals surface area contributed by atoms with Crippen LogP contribution in [0.1, 0.15) is 24.8 Å². The lowest BCUT2D eigenvalue weighted by atomic mass is 10.2. The minimum absolute atomic E-state index is 0.0935. The van der Waals surface area contributed by atoms with E-state index >= 15 is 0 Å². The normalized spacial score (nSPS) is 16.4. The maximum Gasteiger partial charge on any atom is 0.229 e. The summed E-state index contributed by atoms with van der Waals surface area (Å²) in [6, 6.07) is 13.9. The van der Waals surface area contributed by atoms with E-state index in [0.717, 1.165) is 50.3 Å². The summed E-state index contributed by atoms with van der Waals surface area (Å²) < 4.78 is 6.91. The van der Waals surface area contributed by atoms with Crippen LogP contribution in [0.5, 0.6) is 0 Å². The standard InChI is InChI=1S/C22H23ClN2O2S2/c1-15-4-2-6-19-21(15)24-22(29-19)25(14-17-5-3-12-27-17)20(26)11-13-28-18-9-7-16(23)8-10-18/h2,4,6-10,17H,3,5,11-14H2,1H3. The number of nitrogens with zero attached hydrogens (tertiary/aromatic N) is 2. The van der Waals surface area contributed by atoms with Crippen molar-refractivity contribution in [1.29, 1.82) is 0 Å². The van der Waals surface area contributed by atoms with Crippen LogP contribution in [0.15, 0.2) is 47.4 Å². The van der Waals surface area contributed by atoms with E-state index in [9.17, 15) is 4.79 Å². The Hall–Kier alpha value is -1.60. The number of anilines is 1. The van der Waals surface area contributed by atoms with Gasteiger partial charge in [-0.05, 0) is 55.7 Å². The van der Waals surface area contributed by atoms with Gasteiger partial charge in [-0.15, -0.1) is 11.8 Å². The van der Waals surface area contributed by atoms with Gasteiger partial charge < -0.3 is 4.74 Å². The predicted octanol–water partition coefficient (Wildman–Crippen LogP) is 5.95. The van der Waals surface area contributed by atoms with Crippen molar-refractivity contribution in [2.24, 2.45) is 0 Å². The number of rotatable bonds is 7. The van der Waals surface area contributed by atoms with Crippen LogP contribution in [0.3, 0.4) is 0 Å². The second-order valence-electron chi connectivity index (χ2n) is 7.11. The first-order chi connectivity index (χ1) is 14.1. The molecule has 0 aliphatic carbocycles. The summed E-state index contributed by atoms with van der Waals surface area (Å²) in [4.78, 5) is 20.9. The molecule has 4 nitrogen and oxygen atoms in total. The first kappa shape index (κ1) is 20.7. The van der Waals surface area contributed by atoms with E-state index in [0.29, 0.717) is 18.7 Å². The Bertz CT molecular complexity index is 984. The molecular weight excluding hydrogens is 424 g/mol. The fourth-order valence-electron chi connectivity index (χ4n) is 3.39. The van der Waals surface area contributed by atoms with Gasteiger partial charge in [-0.25, -0.2) is 4.98 Å². The Kier molecular flexibility index (Phi) is 6.75. The van der Waals surface area contributed by atoms with Gasteiger partial charge >= 0.3 is 0 Å². The van der Waals surface area contributed by atoms with Crippen LogP contribution in [-0.2, 0) is 9.53 Å². The van der Waals surface area contributed by atoms with Crippen molar-refractivity contribution in [3.05, 3.63) is 53.1 Å². The largest absolute Gasteiger partial charge is 0.376 e. The summed E-state index contributed by atoms with van der Waals surface area (Å²) in [5.74, 6) is 0.811. The quantitative estimate of drug-likeness (QED) is 0.420. The van der Waals surface area contributed by atoms with Crippen molar-refractivity contribution in [2.75, 3.05) is 23.8 Å². The van der Waals surface area contributed by atoms with Crippen LogP contribution in [0.25, 0.3) is 10.2 Å². The van der Waals surface area contributed by atoms with Gasteiger partial charge in [0.05, 0.1) is 22.9 Å². The van der Waals surface area contributed by atoms with Gasteiger partial charge in [0.2, 0.25) is 5.91 Å². The lowest BCUT2D eigenvalue weighted by Gasteiger charge is -2.23. The lowest BCUT2D eigenvalue weighted by Crippen LogP contribution is -2.37. The van der Waals surface area contributed by atoms with Crippen molar-refractivity contribution in [1.82, 2.24) is 4.98 Å². The molecule has 0 spiro atoms. The molecule has 2 heterocycles. The van der Waals surface area contributed by atoms with Crippen LogP contribution in [0.4, 0.5) is 5.13 Å². The SMILES string of the molecule is Cc1cccc2sc(N(CC3CCCO3)C(=O)CCSc3ccc(Cl)cc3)nc12. The van der Waals surface area contributed by atoms with Crippen LogP contribution in [0.2, 0.25) is 5.02 Å². The Balaban J connectivity index is 1.48. The number of amides is 1. The average Bonchev–Trinajstić information content (AvgIpc) is 3.37. The molecule has 1 fully saturated rings. The highest BCUT2D eigenvalue weighted by Crippen LogP contribution is 2.32. The number of carbonyl (C=O) groups is 1. The maximum absolute atomic E-state index is 13.1. The minimum Gasteiger partial charge on any atom is -0.376 e. The highest BCUT2D eigenvalue weighted by atomic mass is 35.5. The topological polar surface area (TPSA) is 42.4 Å². The third kappa shape index (κ3) is 5.12. The molecule has 0 saturated carbocycles. The van der Waals surface area contributed by atoms with Crippen molar-refractivity contribution in [2.45, 2.75) is 37.2 Å². The number of halogens is 1. The zero-order valence-electron chi connectivity index (χ0n) is 16.3. The van der Waals surface area contributed by atoms with Gasteiger partial charge in [0.25, 0.3) is 0 Å². The van der Waals surface area contributed by atoms with Crippen molar-refractivity contribution in [3.63, 3.8) is 0 Å². The number of thiazole rings is 1. The zero-order valence-corrected chi connectivity index (χ0v) is 18.7. The average molecular weight is 447 g/mol. The van der Waals surface area contributed by atoms with Crippen molar-refractivity contribution in [3.8, 4) is 0 Å². The third-order valence-electron chi connectivity index (χ3n) is 4.95. The summed E-state index contributed by atoms with van der Waals surface area (Å²) in [6.07, 6.45) is 2.59. The number of ether oxygens (including phenoxy) is 1. The lowest BCUT2D eigenvalue weighted by molar-refractivity contribution is -0.118. The van der Waals surface area contributed by atoms with Gasteiger partial charge in [-0.1, -0.05) is 35.1 Å². The molecule has 0 N–H and O–H groups in total. The van der Waals surface area contributed by atoms with E-state index in [1.54, 1.807) is 23.1 Å². The summed E-state index contributed by atoms with van der Waals surface area (Å²) >= 11 is 9.19. The summed E-state index contributed by atoms with van der Waals surface area (Å²) in [7, 11) is 0. The van der Waals surface area contributed by atoms with Crippen LogP contribution in [0, 0.1) is 6.92 Å². The van der Waals surface area contributed by atoms with Crippen molar-refractivity contribution < 1.29 is 9.53 Å². The van der Waals surface area contributed by atoms with Gasteiger partial charge in [0, 0.05) is 28.7 Å². The molecule has 29 heavy (non-hydrogen) atoms. The van der Waals surface area contributed by atoms with Gasteiger partial charge in [-0.2, -0.15) is 0 Å². The Morgan fingerprint density at radius 2 is 2.14 bits per heavy atom. The van der Waals surface area contributed by atoms with E-state index in [-0.39, 0.29) is 12.0 Å². The summed E-state index contributed by atoms with van der Waals surface area (Å²) in [5, 5.41) is 1.49. The van der Waals surface area contributed by atoms with E-state index < -0.39 is 0 Å². The molecule has 2 aromatic carbocycles. The minimum atomic E-state index is 0.0935. The molecule has 1 unspecified atom stereocenters. The second-order valence-corrected chi connectivity index (χ2v) is 9.72. The third-order valence-corrected chi connectivity index (χ3v) is 7.26. The van der Waals surface area contributed by atoms with E-state index in [1.807, 2.05) is 35.2 Å². The van der Waals surface area contributed by atoms with E-state index in [1.165, 1.54) is 0 Å². The first-order valence-corrected chi connectivity index (χ1v) is 11.9. The number of para-hydroxylation sites is 1. The predicted molar refractivity (Wildman–Crippen MR) is 122 cm³/mol. The molecular formula is C22H23ClN2O2S2. The van der Waals surface area contributed by atoms with Gasteiger partial charge in [0.1, 0.15) is 0 Å². The zero-order chi connectivity index (χ0) is 20.2. The molecule has 0 radical (unpaired) electrons. The van der Waals surface area contributed by atoms with Crippen molar-refractivity contribution >= 4 is 56.0 Å². The molecule has 7 heteroatoms. The van der Waals surface area contributed by atoms with Gasteiger partial charge in [0.15, 0.2) is 5.13 Å². The summed E-state index contributed by atoms with van der Waals surface area (Å²) in [6.45, 7) is 3.40. The Morgan fingerprint density at radius 1 is 1.31 bits per heavy atom. The number of benzene rings is 2. The number of aromatic nitrogens is 1. The van der Waals surface area contributed by atoms with E-state index in [4.69, 9.17) is 21.3 Å². The van der Waals surface area contributed by atoms with Crippen LogP contribution in [-0.4, -0.2) is 35.9 Å². The smallest absolute Gasteiger partial charge is 0.229 e. The molecule has 3 aromatic rings. The van der Waals surface area contributed by atoms with Gasteiger partial charge in [-0.3, -0.25) is 9.69 Å². The number of aryl methyl sites for hydroxylation is 1. The monoisotopic (exact) mass is 446 g/mol. The maximum atomic E-state index is 13.1. The molecule has 152 valence electrons. The highest BCUT2D eigenvalue weighted by Gasteiger charge is 2.26. The highest BCUT2D eigenvalue weighted by molar-refractivity contribution is 7.99. The fourth-order valence-corrected chi connectivity index (χ4v) is 5.43. The number of hydrogen-bond acceptors (Lipinski definition) is 5. The second kappa shape index (κ2) is 9.47. The molecule has 1 aliphatic heterocycles. The molecule has 4 rings (SSSR count). The van der Waals surface area contributed by atoms with Crippen LogP contribution >= 0.6 is 34.7 Å². The summed E-state index contributed by atoms with van der Waals surface area (Å²) in [5.41, 5.74) is 2.11. The fraction of sp³-hybridized carbons (Fsp3) is 0.364. The number of fused-ring (bicyclic) bond motifs is 1. The molecule has 1 aromatic heterocycles.